The third kappa shape index (κ3) is 4.50. The molecule has 0 amide bonds. The Hall–Kier alpha value is -3.64. The first-order valence-corrected chi connectivity index (χ1v) is 9.82. The number of ether oxygens (including phenoxy) is 2. The smallest absolute Gasteiger partial charge is 0.336 e. The average molecular weight is 463 g/mol. The molecule has 3 aromatic carbocycles. The number of para-hydroxylation sites is 1. The molecule has 4 rings (SSSR count). The second-order valence-electron chi connectivity index (χ2n) is 6.28. The van der Waals surface area contributed by atoms with Crippen LogP contribution in [0.15, 0.2) is 98.8 Å². The van der Waals surface area contributed by atoms with Gasteiger partial charge in [-0.05, 0) is 51.8 Å². The van der Waals surface area contributed by atoms with Crippen molar-refractivity contribution in [2.45, 2.75) is 0 Å². The van der Waals surface area contributed by atoms with E-state index >= 15 is 0 Å². The monoisotopic (exact) mass is 462 g/mol. The highest BCUT2D eigenvalue weighted by atomic mass is 79.9. The average Bonchev–Trinajstić information content (AvgIpc) is 2.76. The van der Waals surface area contributed by atoms with Crippen molar-refractivity contribution in [3.05, 3.63) is 105 Å². The second-order valence-corrected chi connectivity index (χ2v) is 7.14. The zero-order valence-corrected chi connectivity index (χ0v) is 17.2. The molecule has 0 aliphatic rings. The molecule has 0 fully saturated rings. The largest absolute Gasteiger partial charge is 0.460 e. The van der Waals surface area contributed by atoms with Crippen LogP contribution < -0.4 is 14.9 Å². The highest BCUT2D eigenvalue weighted by Crippen LogP contribution is 2.29. The fraction of sp³-hybridized carbons (Fsp3) is 0. The number of fused-ring (bicyclic) bond motifs is 1. The summed E-state index contributed by atoms with van der Waals surface area (Å²) in [6.07, 6.45) is 4.24. The Balaban J connectivity index is 1.53. The lowest BCUT2D eigenvalue weighted by Crippen LogP contribution is -2.06. The van der Waals surface area contributed by atoms with Crippen molar-refractivity contribution in [1.29, 1.82) is 0 Å². The van der Waals surface area contributed by atoms with Gasteiger partial charge >= 0.3 is 5.97 Å². The quantitative estimate of drug-likeness (QED) is 0.207. The van der Waals surface area contributed by atoms with Crippen molar-refractivity contribution in [2.75, 3.05) is 0 Å². The molecule has 5 nitrogen and oxygen atoms in total. The molecule has 0 atom stereocenters. The molecule has 0 radical (unpaired) electrons. The Morgan fingerprint density at radius 3 is 2.50 bits per heavy atom. The summed E-state index contributed by atoms with van der Waals surface area (Å²) in [6.45, 7) is 0. The van der Waals surface area contributed by atoms with Crippen molar-refractivity contribution in [3.63, 3.8) is 0 Å². The van der Waals surface area contributed by atoms with Gasteiger partial charge in [0.15, 0.2) is 0 Å². The van der Waals surface area contributed by atoms with Crippen molar-refractivity contribution in [3.8, 4) is 17.2 Å². The van der Waals surface area contributed by atoms with Gasteiger partial charge in [0.05, 0.1) is 9.86 Å². The Labute approximate surface area is 180 Å². The molecule has 0 aliphatic heterocycles. The summed E-state index contributed by atoms with van der Waals surface area (Å²) in [5.74, 6) is 0.298. The topological polar surface area (TPSA) is 65.7 Å². The van der Waals surface area contributed by atoms with E-state index in [9.17, 15) is 9.59 Å². The summed E-state index contributed by atoms with van der Waals surface area (Å²) in [6, 6.07) is 21.2. The van der Waals surface area contributed by atoms with Gasteiger partial charge in [0.1, 0.15) is 23.3 Å². The summed E-state index contributed by atoms with van der Waals surface area (Å²) in [5.41, 5.74) is 0.849. The van der Waals surface area contributed by atoms with Crippen LogP contribution in [0.2, 0.25) is 0 Å². The van der Waals surface area contributed by atoms with Crippen LogP contribution in [-0.2, 0) is 4.79 Å². The predicted molar refractivity (Wildman–Crippen MR) is 118 cm³/mol. The van der Waals surface area contributed by atoms with Crippen LogP contribution in [0, 0.1) is 0 Å². The third-order valence-electron chi connectivity index (χ3n) is 4.20. The summed E-state index contributed by atoms with van der Waals surface area (Å²) < 4.78 is 17.2. The number of hydrogen-bond acceptors (Lipinski definition) is 5. The van der Waals surface area contributed by atoms with E-state index in [-0.39, 0.29) is 22.5 Å². The zero-order valence-electron chi connectivity index (χ0n) is 15.6. The zero-order chi connectivity index (χ0) is 20.9. The second kappa shape index (κ2) is 8.80. The fourth-order valence-corrected chi connectivity index (χ4v) is 3.12. The van der Waals surface area contributed by atoms with Crippen LogP contribution in [0.4, 0.5) is 0 Å². The summed E-state index contributed by atoms with van der Waals surface area (Å²) in [7, 11) is 0. The highest BCUT2D eigenvalue weighted by Gasteiger charge is 2.12. The highest BCUT2D eigenvalue weighted by molar-refractivity contribution is 9.10. The normalized spacial score (nSPS) is 11.0. The molecule has 0 bridgehead atoms. The number of carbonyl (C=O) groups excluding carboxylic acids is 1. The lowest BCUT2D eigenvalue weighted by molar-refractivity contribution is -0.128. The van der Waals surface area contributed by atoms with Crippen LogP contribution >= 0.6 is 15.9 Å². The number of carbonyl (C=O) groups is 1. The molecule has 0 saturated carbocycles. The van der Waals surface area contributed by atoms with Crippen LogP contribution in [-0.4, -0.2) is 5.97 Å². The summed E-state index contributed by atoms with van der Waals surface area (Å²) >= 11 is 3.38. The molecule has 1 heterocycles. The van der Waals surface area contributed by atoms with Gasteiger partial charge in [-0.3, -0.25) is 4.79 Å². The number of benzene rings is 3. The molecule has 6 heteroatoms. The molecule has 0 N–H and O–H groups in total. The first-order chi connectivity index (χ1) is 14.6. The van der Waals surface area contributed by atoms with E-state index in [1.807, 2.05) is 42.5 Å². The fourth-order valence-electron chi connectivity index (χ4n) is 2.75. The maximum Gasteiger partial charge on any atom is 0.336 e. The Morgan fingerprint density at radius 2 is 1.70 bits per heavy atom. The van der Waals surface area contributed by atoms with E-state index < -0.39 is 5.97 Å². The number of hydrogen-bond donors (Lipinski definition) is 0. The van der Waals surface area contributed by atoms with E-state index in [0.29, 0.717) is 11.1 Å². The van der Waals surface area contributed by atoms with Crippen LogP contribution in [0.3, 0.4) is 0 Å². The van der Waals surface area contributed by atoms with Gasteiger partial charge < -0.3 is 13.9 Å². The number of esters is 1. The van der Waals surface area contributed by atoms with Gasteiger partial charge in [-0.15, -0.1) is 0 Å². The molecule has 148 valence electrons. The minimum atomic E-state index is -0.533. The predicted octanol–water partition coefficient (Wildman–Crippen LogP) is 5.97. The first-order valence-electron chi connectivity index (χ1n) is 9.03. The molecule has 30 heavy (non-hydrogen) atoms. The van der Waals surface area contributed by atoms with E-state index in [4.69, 9.17) is 13.9 Å². The first kappa shape index (κ1) is 19.7. The summed E-state index contributed by atoms with van der Waals surface area (Å²) in [5, 5.41) is 0.319. The Bertz CT molecular complexity index is 1290. The van der Waals surface area contributed by atoms with E-state index in [1.54, 1.807) is 18.2 Å². The van der Waals surface area contributed by atoms with Gasteiger partial charge in [-0.1, -0.05) is 42.5 Å². The van der Waals surface area contributed by atoms with E-state index in [0.717, 1.165) is 10.0 Å². The SMILES string of the molecule is O=C(/C=C/c1ccccc1)Oc1ccc2c(=O)c(Oc3ccccc3Br)coc2c1. The molecule has 0 saturated heterocycles. The molecule has 0 unspecified atom stereocenters. The van der Waals surface area contributed by atoms with Gasteiger partial charge in [-0.2, -0.15) is 0 Å². The molecule has 0 aliphatic carbocycles. The molecular formula is C24H15BrO5. The van der Waals surface area contributed by atoms with Crippen molar-refractivity contribution in [2.24, 2.45) is 0 Å². The van der Waals surface area contributed by atoms with Crippen molar-refractivity contribution in [1.82, 2.24) is 0 Å². The molecule has 0 spiro atoms. The lowest BCUT2D eigenvalue weighted by Gasteiger charge is -2.08. The minimum Gasteiger partial charge on any atom is -0.460 e. The van der Waals surface area contributed by atoms with Crippen LogP contribution in [0.1, 0.15) is 5.56 Å². The van der Waals surface area contributed by atoms with Crippen LogP contribution in [0.25, 0.3) is 17.0 Å². The van der Waals surface area contributed by atoms with Crippen molar-refractivity contribution < 1.29 is 18.7 Å². The maximum absolute atomic E-state index is 12.7. The third-order valence-corrected chi connectivity index (χ3v) is 4.86. The Morgan fingerprint density at radius 1 is 0.933 bits per heavy atom. The lowest BCUT2D eigenvalue weighted by atomic mass is 10.2. The molecule has 1 aromatic heterocycles. The Kier molecular flexibility index (Phi) is 5.77. The van der Waals surface area contributed by atoms with Gasteiger partial charge in [0, 0.05) is 12.1 Å². The van der Waals surface area contributed by atoms with Gasteiger partial charge in [0.25, 0.3) is 0 Å². The van der Waals surface area contributed by atoms with Crippen molar-refractivity contribution >= 4 is 38.9 Å². The van der Waals surface area contributed by atoms with E-state index in [1.165, 1.54) is 30.5 Å². The van der Waals surface area contributed by atoms with E-state index in [2.05, 4.69) is 15.9 Å². The van der Waals surface area contributed by atoms with Gasteiger partial charge in [-0.25, -0.2) is 4.79 Å². The molecular weight excluding hydrogens is 448 g/mol. The van der Waals surface area contributed by atoms with Crippen LogP contribution in [0.5, 0.6) is 17.2 Å². The van der Waals surface area contributed by atoms with Gasteiger partial charge in [0.2, 0.25) is 11.2 Å². The maximum atomic E-state index is 12.7. The number of halogens is 1. The standard InChI is InChI=1S/C24H15BrO5/c25-19-8-4-5-9-20(19)30-22-15-28-21-14-17(11-12-18(21)24(22)27)29-23(26)13-10-16-6-2-1-3-7-16/h1-15H/b13-10+. The minimum absolute atomic E-state index is 0.0601. The number of rotatable bonds is 5. The summed E-state index contributed by atoms with van der Waals surface area (Å²) in [4.78, 5) is 24.8. The molecule has 4 aromatic rings.